The third kappa shape index (κ3) is 2.65. The lowest BCUT2D eigenvalue weighted by atomic mass is 10.1. The molecule has 0 aromatic carbocycles. The number of nitrogens with zero attached hydrogens (tertiary/aromatic N) is 2. The fourth-order valence-corrected chi connectivity index (χ4v) is 1.66. The first kappa shape index (κ1) is 9.90. The van der Waals surface area contributed by atoms with Crippen molar-refractivity contribution in [3.8, 4) is 0 Å². The lowest BCUT2D eigenvalue weighted by molar-refractivity contribution is -0.130. The summed E-state index contributed by atoms with van der Waals surface area (Å²) in [6, 6.07) is 3.80. The van der Waals surface area contributed by atoms with Gasteiger partial charge in [0.25, 0.3) is 0 Å². The first-order valence-electron chi connectivity index (χ1n) is 5.18. The lowest BCUT2D eigenvalue weighted by Gasteiger charge is -2.23. The molecule has 0 saturated heterocycles. The quantitative estimate of drug-likeness (QED) is 0.679. The second-order valence-electron chi connectivity index (χ2n) is 3.64. The van der Waals surface area contributed by atoms with Crippen LogP contribution in [0.1, 0.15) is 12.0 Å². The molecule has 2 heterocycles. The van der Waals surface area contributed by atoms with E-state index in [0.717, 1.165) is 25.1 Å². The van der Waals surface area contributed by atoms with E-state index in [4.69, 9.17) is 0 Å². The van der Waals surface area contributed by atoms with E-state index in [1.54, 1.807) is 12.4 Å². The molecular formula is C12H14N2O. The van der Waals surface area contributed by atoms with Gasteiger partial charge in [-0.25, -0.2) is 0 Å². The number of carbonyl (C=O) groups excluding carboxylic acids is 1. The Kier molecular flexibility index (Phi) is 3.12. The fraction of sp³-hybridized carbons (Fsp3) is 0.333. The molecule has 1 aliphatic rings. The number of carbonyl (C=O) groups is 1. The van der Waals surface area contributed by atoms with Gasteiger partial charge in [-0.1, -0.05) is 18.2 Å². The van der Waals surface area contributed by atoms with Crippen LogP contribution in [-0.2, 0) is 11.2 Å². The monoisotopic (exact) mass is 202 g/mol. The van der Waals surface area contributed by atoms with Crippen LogP contribution >= 0.6 is 0 Å². The molecule has 1 aliphatic heterocycles. The molecule has 0 radical (unpaired) electrons. The van der Waals surface area contributed by atoms with E-state index >= 15 is 0 Å². The van der Waals surface area contributed by atoms with Crippen molar-refractivity contribution in [3.05, 3.63) is 42.2 Å². The molecular weight excluding hydrogens is 188 g/mol. The summed E-state index contributed by atoms with van der Waals surface area (Å²) in [5.41, 5.74) is 0.983. The van der Waals surface area contributed by atoms with Crippen molar-refractivity contribution < 1.29 is 4.79 Å². The highest BCUT2D eigenvalue weighted by Crippen LogP contribution is 2.05. The second kappa shape index (κ2) is 4.73. The second-order valence-corrected chi connectivity index (χ2v) is 3.64. The Balaban J connectivity index is 1.95. The van der Waals surface area contributed by atoms with Gasteiger partial charge in [-0.2, -0.15) is 0 Å². The molecule has 78 valence electrons. The van der Waals surface area contributed by atoms with Gasteiger partial charge in [0.1, 0.15) is 0 Å². The highest BCUT2D eigenvalue weighted by atomic mass is 16.2. The van der Waals surface area contributed by atoms with Crippen molar-refractivity contribution >= 4 is 5.91 Å². The van der Waals surface area contributed by atoms with E-state index in [1.165, 1.54) is 0 Å². The summed E-state index contributed by atoms with van der Waals surface area (Å²) in [7, 11) is 0. The van der Waals surface area contributed by atoms with Crippen LogP contribution in [0.25, 0.3) is 0 Å². The smallest absolute Gasteiger partial charge is 0.227 e. The molecule has 0 N–H and O–H groups in total. The van der Waals surface area contributed by atoms with Gasteiger partial charge in [0.2, 0.25) is 5.91 Å². The van der Waals surface area contributed by atoms with E-state index in [0.29, 0.717) is 6.42 Å². The van der Waals surface area contributed by atoms with Crippen molar-refractivity contribution in [2.24, 2.45) is 0 Å². The van der Waals surface area contributed by atoms with Crippen molar-refractivity contribution in [1.82, 2.24) is 9.88 Å². The molecule has 1 amide bonds. The van der Waals surface area contributed by atoms with Crippen LogP contribution in [0.15, 0.2) is 36.7 Å². The molecule has 0 aliphatic carbocycles. The Bertz CT molecular complexity index is 359. The first-order chi connectivity index (χ1) is 7.36. The molecule has 0 saturated carbocycles. The topological polar surface area (TPSA) is 33.2 Å². The Morgan fingerprint density at radius 1 is 1.47 bits per heavy atom. The molecule has 0 spiro atoms. The molecule has 15 heavy (non-hydrogen) atoms. The molecule has 1 aromatic heterocycles. The summed E-state index contributed by atoms with van der Waals surface area (Å²) < 4.78 is 0. The Morgan fingerprint density at radius 3 is 3.07 bits per heavy atom. The summed E-state index contributed by atoms with van der Waals surface area (Å²) >= 11 is 0. The molecule has 0 bridgehead atoms. The Labute approximate surface area is 89.4 Å². The van der Waals surface area contributed by atoms with Gasteiger partial charge in [0, 0.05) is 25.5 Å². The van der Waals surface area contributed by atoms with Gasteiger partial charge in [0.15, 0.2) is 0 Å². The summed E-state index contributed by atoms with van der Waals surface area (Å²) in [6.45, 7) is 1.59. The Hall–Kier alpha value is -1.64. The fourth-order valence-electron chi connectivity index (χ4n) is 1.66. The highest BCUT2D eigenvalue weighted by Gasteiger charge is 2.13. The van der Waals surface area contributed by atoms with Crippen LogP contribution in [0.5, 0.6) is 0 Å². The maximum absolute atomic E-state index is 11.8. The zero-order valence-electron chi connectivity index (χ0n) is 8.60. The minimum Gasteiger partial charge on any atom is -0.338 e. The number of hydrogen-bond donors (Lipinski definition) is 0. The van der Waals surface area contributed by atoms with Crippen LogP contribution in [0.4, 0.5) is 0 Å². The van der Waals surface area contributed by atoms with Crippen LogP contribution in [0, 0.1) is 0 Å². The van der Waals surface area contributed by atoms with Gasteiger partial charge in [-0.3, -0.25) is 9.78 Å². The number of aromatic nitrogens is 1. The number of pyridine rings is 1. The van der Waals surface area contributed by atoms with Crippen molar-refractivity contribution in [3.63, 3.8) is 0 Å². The minimum absolute atomic E-state index is 0.187. The van der Waals surface area contributed by atoms with Crippen LogP contribution in [-0.4, -0.2) is 28.9 Å². The number of rotatable bonds is 2. The average molecular weight is 202 g/mol. The zero-order chi connectivity index (χ0) is 10.5. The normalized spacial score (nSPS) is 15.3. The maximum Gasteiger partial charge on any atom is 0.227 e. The largest absolute Gasteiger partial charge is 0.338 e. The van der Waals surface area contributed by atoms with Gasteiger partial charge in [0.05, 0.1) is 6.42 Å². The molecule has 1 aromatic rings. The summed E-state index contributed by atoms with van der Waals surface area (Å²) in [5.74, 6) is 0.187. The predicted molar refractivity (Wildman–Crippen MR) is 58.3 cm³/mol. The van der Waals surface area contributed by atoms with Crippen LogP contribution < -0.4 is 0 Å². The van der Waals surface area contributed by atoms with Crippen LogP contribution in [0.2, 0.25) is 0 Å². The summed E-state index contributed by atoms with van der Waals surface area (Å²) in [6.07, 6.45) is 9.06. The Morgan fingerprint density at radius 2 is 2.40 bits per heavy atom. The van der Waals surface area contributed by atoms with Gasteiger partial charge >= 0.3 is 0 Å². The molecule has 2 rings (SSSR count). The van der Waals surface area contributed by atoms with E-state index in [-0.39, 0.29) is 5.91 Å². The molecule has 0 unspecified atom stereocenters. The summed E-state index contributed by atoms with van der Waals surface area (Å²) in [4.78, 5) is 17.7. The van der Waals surface area contributed by atoms with Gasteiger partial charge < -0.3 is 4.90 Å². The van der Waals surface area contributed by atoms with E-state index < -0.39 is 0 Å². The lowest BCUT2D eigenvalue weighted by Crippen LogP contribution is -2.34. The van der Waals surface area contributed by atoms with Crippen LogP contribution in [0.3, 0.4) is 0 Å². The van der Waals surface area contributed by atoms with E-state index in [9.17, 15) is 4.79 Å². The predicted octanol–water partition coefficient (Wildman–Crippen LogP) is 1.41. The molecule has 0 fully saturated rings. The highest BCUT2D eigenvalue weighted by molar-refractivity contribution is 5.78. The first-order valence-corrected chi connectivity index (χ1v) is 5.18. The minimum atomic E-state index is 0.187. The van der Waals surface area contributed by atoms with E-state index in [1.807, 2.05) is 23.1 Å². The molecule has 3 heteroatoms. The van der Waals surface area contributed by atoms with Gasteiger partial charge in [-0.15, -0.1) is 0 Å². The molecule has 0 atom stereocenters. The maximum atomic E-state index is 11.8. The van der Waals surface area contributed by atoms with E-state index in [2.05, 4.69) is 11.1 Å². The van der Waals surface area contributed by atoms with Crippen molar-refractivity contribution in [1.29, 1.82) is 0 Å². The average Bonchev–Trinajstić information content (AvgIpc) is 2.31. The standard InChI is InChI=1S/C12H14N2O/c15-12(14-7-2-1-3-8-14)9-11-5-4-6-13-10-11/h1-2,4-6,10H,3,7-9H2. The number of hydrogen-bond acceptors (Lipinski definition) is 2. The van der Waals surface area contributed by atoms with Crippen molar-refractivity contribution in [2.75, 3.05) is 13.1 Å². The third-order valence-corrected chi connectivity index (χ3v) is 2.49. The molecule has 3 nitrogen and oxygen atoms in total. The SMILES string of the molecule is O=C(Cc1cccnc1)N1CC=CCC1. The number of amides is 1. The zero-order valence-corrected chi connectivity index (χ0v) is 8.60. The summed E-state index contributed by atoms with van der Waals surface area (Å²) in [5, 5.41) is 0. The van der Waals surface area contributed by atoms with Crippen molar-refractivity contribution in [2.45, 2.75) is 12.8 Å². The third-order valence-electron chi connectivity index (χ3n) is 2.49. The van der Waals surface area contributed by atoms with Gasteiger partial charge in [-0.05, 0) is 18.1 Å².